The van der Waals surface area contributed by atoms with E-state index < -0.39 is 22.5 Å². The summed E-state index contributed by atoms with van der Waals surface area (Å²) < 4.78 is 45.3. The van der Waals surface area contributed by atoms with Crippen LogP contribution in [0.5, 0.6) is 0 Å². The predicted octanol–water partition coefficient (Wildman–Crippen LogP) is -0.0210. The molecule has 134 valence electrons. The van der Waals surface area contributed by atoms with Crippen LogP contribution in [0.3, 0.4) is 0 Å². The smallest absolute Gasteiger partial charge is 0.148 e. The molecule has 0 saturated heterocycles. The molecule has 0 rings (SSSR count). The highest BCUT2D eigenvalue weighted by Gasteiger charge is 2.28. The normalized spacial score (nSPS) is 16.0. The first kappa shape index (κ1) is 22.1. The zero-order valence-corrected chi connectivity index (χ0v) is 15.5. The minimum Gasteiger partial charge on any atom is -0.724 e. The molecule has 22 heavy (non-hydrogen) atoms. The third-order valence-electron chi connectivity index (χ3n) is 4.47. The van der Waals surface area contributed by atoms with E-state index >= 15 is 0 Å². The van der Waals surface area contributed by atoms with Gasteiger partial charge in [0.2, 0.25) is 0 Å². The Labute approximate surface area is 138 Å². The lowest BCUT2D eigenvalue weighted by Gasteiger charge is -2.39. The van der Waals surface area contributed by atoms with Crippen molar-refractivity contribution in [2.24, 2.45) is 0 Å². The van der Waals surface area contributed by atoms with E-state index in [-0.39, 0.29) is 34.0 Å². The SMILES string of the molecule is CC[N+](CC)(CCN(O)CC[N+](CC)(CC)S(=O)[O-])S(=O)[O-]. The van der Waals surface area contributed by atoms with Crippen molar-refractivity contribution in [3.63, 3.8) is 0 Å². The first-order valence-corrected chi connectivity index (χ1v) is 9.65. The van der Waals surface area contributed by atoms with Crippen molar-refractivity contribution in [3.05, 3.63) is 0 Å². The third-order valence-corrected chi connectivity index (χ3v) is 7.13. The first-order valence-electron chi connectivity index (χ1n) is 7.59. The van der Waals surface area contributed by atoms with Crippen LogP contribution >= 0.6 is 0 Å². The molecular weight excluding hydrogens is 330 g/mol. The van der Waals surface area contributed by atoms with E-state index in [1.807, 2.05) is 0 Å². The zero-order chi connectivity index (χ0) is 17.4. The summed E-state index contributed by atoms with van der Waals surface area (Å²) in [5.41, 5.74) is 0. The molecule has 8 nitrogen and oxygen atoms in total. The molecule has 0 radical (unpaired) electrons. The van der Waals surface area contributed by atoms with Gasteiger partial charge in [0.25, 0.3) is 0 Å². The summed E-state index contributed by atoms with van der Waals surface area (Å²) in [6.45, 7) is 9.73. The van der Waals surface area contributed by atoms with Gasteiger partial charge in [-0.25, -0.2) is 16.2 Å². The quantitative estimate of drug-likeness (QED) is 0.298. The van der Waals surface area contributed by atoms with Crippen LogP contribution in [-0.4, -0.2) is 87.9 Å². The summed E-state index contributed by atoms with van der Waals surface area (Å²) in [5, 5.41) is 10.9. The second kappa shape index (κ2) is 10.0. The number of hydrogen-bond acceptors (Lipinski definition) is 6. The van der Waals surface area contributed by atoms with Gasteiger partial charge >= 0.3 is 0 Å². The van der Waals surface area contributed by atoms with Gasteiger partial charge < -0.3 is 14.3 Å². The van der Waals surface area contributed by atoms with Gasteiger partial charge in [0.05, 0.1) is 39.3 Å². The van der Waals surface area contributed by atoms with Gasteiger partial charge in [-0.3, -0.25) is 0 Å². The van der Waals surface area contributed by atoms with Crippen LogP contribution in [0.4, 0.5) is 0 Å². The average molecular weight is 360 g/mol. The van der Waals surface area contributed by atoms with Crippen LogP contribution in [0.1, 0.15) is 27.7 Å². The lowest BCUT2D eigenvalue weighted by molar-refractivity contribution is -0.806. The number of rotatable bonds is 12. The molecule has 0 amide bonds. The van der Waals surface area contributed by atoms with Gasteiger partial charge in [-0.1, -0.05) is 0 Å². The summed E-state index contributed by atoms with van der Waals surface area (Å²) in [4.78, 5) is 0. The van der Waals surface area contributed by atoms with Gasteiger partial charge in [-0.2, -0.15) is 5.06 Å². The van der Waals surface area contributed by atoms with Crippen LogP contribution in [0.15, 0.2) is 0 Å². The molecule has 0 aliphatic carbocycles. The van der Waals surface area contributed by atoms with E-state index in [1.165, 1.54) is 0 Å². The number of likely N-dealkylation sites (N-methyl/N-ethyl adjacent to an activating group) is 2. The van der Waals surface area contributed by atoms with E-state index in [0.29, 0.717) is 26.2 Å². The monoisotopic (exact) mass is 359 g/mol. The highest BCUT2D eigenvalue weighted by molar-refractivity contribution is 7.73. The molecule has 0 aliphatic heterocycles. The highest BCUT2D eigenvalue weighted by atomic mass is 32.2. The minimum atomic E-state index is -2.26. The maximum atomic E-state index is 11.4. The third kappa shape index (κ3) is 5.60. The van der Waals surface area contributed by atoms with Crippen LogP contribution in [-0.2, 0) is 22.5 Å². The van der Waals surface area contributed by atoms with E-state index in [4.69, 9.17) is 0 Å². The van der Waals surface area contributed by atoms with E-state index in [0.717, 1.165) is 5.06 Å². The van der Waals surface area contributed by atoms with E-state index in [2.05, 4.69) is 0 Å². The second-order valence-electron chi connectivity index (χ2n) is 5.22. The Morgan fingerprint density at radius 1 is 0.818 bits per heavy atom. The van der Waals surface area contributed by atoms with Crippen LogP contribution in [0.2, 0.25) is 0 Å². The molecule has 0 aromatic carbocycles. The average Bonchev–Trinajstić information content (AvgIpc) is 2.49. The molecule has 0 aromatic heterocycles. The fourth-order valence-electron chi connectivity index (χ4n) is 2.36. The fourth-order valence-corrected chi connectivity index (χ4v) is 3.66. The molecular formula is C12H29N3O5S2. The highest BCUT2D eigenvalue weighted by Crippen LogP contribution is 2.11. The molecule has 0 aromatic rings. The van der Waals surface area contributed by atoms with Gasteiger partial charge in [0, 0.05) is 0 Å². The Morgan fingerprint density at radius 3 is 1.27 bits per heavy atom. The first-order chi connectivity index (χ1) is 10.2. The minimum absolute atomic E-state index is 0.119. The van der Waals surface area contributed by atoms with Crippen molar-refractivity contribution in [1.82, 2.24) is 5.06 Å². The Bertz CT molecular complexity index is 342. The van der Waals surface area contributed by atoms with E-state index in [9.17, 15) is 22.7 Å². The second-order valence-corrected chi connectivity index (χ2v) is 7.63. The fraction of sp³-hybridized carbons (Fsp3) is 1.00. The van der Waals surface area contributed by atoms with Crippen LogP contribution in [0, 0.1) is 0 Å². The van der Waals surface area contributed by atoms with Gasteiger partial charge in [-0.05, 0) is 27.7 Å². The van der Waals surface area contributed by atoms with Crippen LogP contribution in [0.25, 0.3) is 0 Å². The number of nitrogens with zero attached hydrogens (tertiary/aromatic N) is 3. The standard InChI is InChI=1S/C12H29N3O5S2/c1-5-14(6-2,21(17)18)11-9-13(16)10-12-15(7-3,8-4)22(19)20/h16H,5-12H2,1-4H3. The van der Waals surface area contributed by atoms with E-state index in [1.54, 1.807) is 27.7 Å². The van der Waals surface area contributed by atoms with Crippen molar-refractivity contribution >= 4 is 22.5 Å². The van der Waals surface area contributed by atoms with Crippen molar-refractivity contribution in [2.45, 2.75) is 27.7 Å². The molecule has 0 saturated carbocycles. The Morgan fingerprint density at radius 2 is 1.09 bits per heavy atom. The molecule has 10 heteroatoms. The lowest BCUT2D eigenvalue weighted by Crippen LogP contribution is -2.54. The lowest BCUT2D eigenvalue weighted by atomic mass is 10.4. The van der Waals surface area contributed by atoms with Gasteiger partial charge in [0.1, 0.15) is 35.6 Å². The summed E-state index contributed by atoms with van der Waals surface area (Å²) in [7, 11) is 0. The predicted molar refractivity (Wildman–Crippen MR) is 83.6 cm³/mol. The number of quaternary nitrogens is 2. The Hall–Kier alpha value is 0.0600. The van der Waals surface area contributed by atoms with Gasteiger partial charge in [0.15, 0.2) is 0 Å². The number of hydroxylamine groups is 2. The molecule has 0 fully saturated rings. The number of hydrogen-bond donors (Lipinski definition) is 1. The topological polar surface area (TPSA) is 104 Å². The molecule has 1 N–H and O–H groups in total. The summed E-state index contributed by atoms with van der Waals surface area (Å²) in [5.74, 6) is 0. The van der Waals surface area contributed by atoms with Crippen molar-refractivity contribution < 1.29 is 30.5 Å². The maximum absolute atomic E-state index is 11.4. The largest absolute Gasteiger partial charge is 0.724 e. The zero-order valence-electron chi connectivity index (χ0n) is 13.9. The molecule has 0 aliphatic rings. The maximum Gasteiger partial charge on any atom is 0.148 e. The Kier molecular flexibility index (Phi) is 10.1. The summed E-state index contributed by atoms with van der Waals surface area (Å²) in [6.07, 6.45) is 0. The molecule has 0 spiro atoms. The van der Waals surface area contributed by atoms with Crippen molar-refractivity contribution in [3.8, 4) is 0 Å². The molecule has 2 unspecified atom stereocenters. The van der Waals surface area contributed by atoms with Gasteiger partial charge in [-0.15, -0.1) is 0 Å². The Balaban J connectivity index is 4.60. The van der Waals surface area contributed by atoms with Crippen molar-refractivity contribution in [1.29, 1.82) is 0 Å². The summed E-state index contributed by atoms with van der Waals surface area (Å²) in [6, 6.07) is 0. The molecule has 0 bridgehead atoms. The van der Waals surface area contributed by atoms with Crippen molar-refractivity contribution in [2.75, 3.05) is 52.4 Å². The van der Waals surface area contributed by atoms with Crippen LogP contribution < -0.4 is 0 Å². The summed E-state index contributed by atoms with van der Waals surface area (Å²) >= 11 is -4.53. The molecule has 2 atom stereocenters. The molecule has 0 heterocycles.